The van der Waals surface area contributed by atoms with E-state index in [1.807, 2.05) is 6.20 Å². The highest BCUT2D eigenvalue weighted by atomic mass is 14.8. The summed E-state index contributed by atoms with van der Waals surface area (Å²) in [6.45, 7) is 2.12. The number of fused-ring (bicyclic) bond motifs is 2. The highest BCUT2D eigenvalue weighted by Gasteiger charge is 2.09. The Morgan fingerprint density at radius 3 is 2.75 bits per heavy atom. The highest BCUT2D eigenvalue weighted by Crippen LogP contribution is 2.27. The minimum atomic E-state index is 0.996. The van der Waals surface area contributed by atoms with Gasteiger partial charge >= 0.3 is 0 Å². The number of aromatic amines is 1. The molecule has 2 nitrogen and oxygen atoms in total. The van der Waals surface area contributed by atoms with Crippen molar-refractivity contribution in [2.24, 2.45) is 0 Å². The summed E-state index contributed by atoms with van der Waals surface area (Å²) in [4.78, 5) is 3.25. The Bertz CT molecular complexity index is 755. The fraction of sp³-hybridized carbons (Fsp3) is 0.222. The third-order valence-corrected chi connectivity index (χ3v) is 4.21. The van der Waals surface area contributed by atoms with E-state index in [2.05, 4.69) is 52.8 Å². The first-order valence-corrected chi connectivity index (χ1v) is 7.30. The van der Waals surface area contributed by atoms with E-state index in [0.29, 0.717) is 0 Å². The Labute approximate surface area is 118 Å². The molecule has 2 N–H and O–H groups in total. The van der Waals surface area contributed by atoms with E-state index in [0.717, 1.165) is 13.1 Å². The van der Waals surface area contributed by atoms with E-state index in [1.165, 1.54) is 46.0 Å². The number of aromatic nitrogens is 1. The largest absolute Gasteiger partial charge is 0.361 e. The molecule has 100 valence electrons. The van der Waals surface area contributed by atoms with Crippen molar-refractivity contribution < 1.29 is 0 Å². The van der Waals surface area contributed by atoms with Gasteiger partial charge in [-0.05, 0) is 71.3 Å². The molecule has 0 saturated heterocycles. The van der Waals surface area contributed by atoms with Gasteiger partial charge in [-0.3, -0.25) is 0 Å². The smallest absolute Gasteiger partial charge is 0.0454 e. The van der Waals surface area contributed by atoms with Gasteiger partial charge in [-0.15, -0.1) is 0 Å². The van der Waals surface area contributed by atoms with Crippen LogP contribution in [0.3, 0.4) is 0 Å². The lowest BCUT2D eigenvalue weighted by molar-refractivity contribution is 0.681. The van der Waals surface area contributed by atoms with Gasteiger partial charge in [0, 0.05) is 18.3 Å². The Hall–Kier alpha value is -2.06. The zero-order chi connectivity index (χ0) is 13.4. The maximum Gasteiger partial charge on any atom is 0.0454 e. The van der Waals surface area contributed by atoms with E-state index in [1.54, 1.807) is 0 Å². The van der Waals surface area contributed by atoms with Gasteiger partial charge in [0.05, 0.1) is 0 Å². The van der Waals surface area contributed by atoms with E-state index in [9.17, 15) is 0 Å². The van der Waals surface area contributed by atoms with Gasteiger partial charge < -0.3 is 10.3 Å². The van der Waals surface area contributed by atoms with Crippen LogP contribution in [0.4, 0.5) is 0 Å². The molecule has 3 aromatic rings. The number of aryl methyl sites for hydroxylation is 1. The molecule has 0 unspecified atom stereocenters. The third kappa shape index (κ3) is 2.02. The summed E-state index contributed by atoms with van der Waals surface area (Å²) < 4.78 is 0. The fourth-order valence-corrected chi connectivity index (χ4v) is 3.07. The monoisotopic (exact) mass is 262 g/mol. The van der Waals surface area contributed by atoms with Crippen LogP contribution in [-0.2, 0) is 13.0 Å². The number of H-pyrrole nitrogens is 1. The molecule has 1 aliphatic heterocycles. The summed E-state index contributed by atoms with van der Waals surface area (Å²) in [5, 5.41) is 4.78. The van der Waals surface area contributed by atoms with Crippen molar-refractivity contribution in [1.82, 2.24) is 10.3 Å². The number of hydrogen-bond donors (Lipinski definition) is 2. The number of rotatable bonds is 1. The lowest BCUT2D eigenvalue weighted by Gasteiger charge is -2.09. The van der Waals surface area contributed by atoms with E-state index < -0.39 is 0 Å². The van der Waals surface area contributed by atoms with Gasteiger partial charge in [0.2, 0.25) is 0 Å². The first kappa shape index (κ1) is 11.7. The predicted molar refractivity (Wildman–Crippen MR) is 83.8 cm³/mol. The van der Waals surface area contributed by atoms with Gasteiger partial charge in [-0.2, -0.15) is 0 Å². The zero-order valence-electron chi connectivity index (χ0n) is 11.4. The van der Waals surface area contributed by atoms with Gasteiger partial charge in [-0.25, -0.2) is 0 Å². The van der Waals surface area contributed by atoms with Crippen LogP contribution < -0.4 is 5.32 Å². The first-order valence-electron chi connectivity index (χ1n) is 7.30. The van der Waals surface area contributed by atoms with Gasteiger partial charge in [-0.1, -0.05) is 18.2 Å². The van der Waals surface area contributed by atoms with Crippen LogP contribution in [0.1, 0.15) is 17.5 Å². The van der Waals surface area contributed by atoms with Crippen molar-refractivity contribution in [3.8, 4) is 11.1 Å². The minimum Gasteiger partial charge on any atom is -0.361 e. The van der Waals surface area contributed by atoms with Crippen LogP contribution in [0.5, 0.6) is 0 Å². The maximum absolute atomic E-state index is 3.50. The molecule has 4 rings (SSSR count). The molecule has 2 heterocycles. The summed E-state index contributed by atoms with van der Waals surface area (Å²) in [5.74, 6) is 0. The molecule has 1 aliphatic rings. The predicted octanol–water partition coefficient (Wildman–Crippen LogP) is 3.87. The third-order valence-electron chi connectivity index (χ3n) is 4.21. The van der Waals surface area contributed by atoms with Crippen LogP contribution in [0, 0.1) is 0 Å². The zero-order valence-corrected chi connectivity index (χ0v) is 11.4. The molecule has 0 radical (unpaired) electrons. The molecule has 2 aromatic carbocycles. The SMILES string of the molecule is c1cc2cc(-c3ccc4c(c3)CNCCC4)ccc2[nH]1. The molecule has 0 aliphatic carbocycles. The fourth-order valence-electron chi connectivity index (χ4n) is 3.07. The Morgan fingerprint density at radius 2 is 1.75 bits per heavy atom. The summed E-state index contributed by atoms with van der Waals surface area (Å²) in [5.41, 5.74) is 6.76. The number of nitrogens with one attached hydrogen (secondary N) is 2. The van der Waals surface area contributed by atoms with Crippen LogP contribution >= 0.6 is 0 Å². The van der Waals surface area contributed by atoms with Crippen molar-refractivity contribution in [3.05, 3.63) is 59.8 Å². The topological polar surface area (TPSA) is 27.8 Å². The molecule has 20 heavy (non-hydrogen) atoms. The molecule has 0 amide bonds. The minimum absolute atomic E-state index is 0.996. The molecular weight excluding hydrogens is 244 g/mol. The molecule has 0 fully saturated rings. The Morgan fingerprint density at radius 1 is 0.850 bits per heavy atom. The Balaban J connectivity index is 1.79. The Kier molecular flexibility index (Phi) is 2.82. The maximum atomic E-state index is 3.50. The lowest BCUT2D eigenvalue weighted by Crippen LogP contribution is -2.11. The van der Waals surface area contributed by atoms with E-state index in [4.69, 9.17) is 0 Å². The molecule has 0 spiro atoms. The number of hydrogen-bond acceptors (Lipinski definition) is 1. The molecule has 0 bridgehead atoms. The molecule has 1 aromatic heterocycles. The normalized spacial score (nSPS) is 15.0. The summed E-state index contributed by atoms with van der Waals surface area (Å²) in [7, 11) is 0. The number of benzene rings is 2. The standard InChI is InChI=1S/C18H18N2/c1-2-13-3-4-14(11-17(13)12-19-8-1)15-5-6-18-16(10-15)7-9-20-18/h3-7,9-11,19-20H,1-2,8,12H2. The van der Waals surface area contributed by atoms with E-state index in [-0.39, 0.29) is 0 Å². The second-order valence-corrected chi connectivity index (χ2v) is 5.54. The average molecular weight is 262 g/mol. The second-order valence-electron chi connectivity index (χ2n) is 5.54. The average Bonchev–Trinajstić information content (AvgIpc) is 2.83. The van der Waals surface area contributed by atoms with Crippen LogP contribution in [0.25, 0.3) is 22.0 Å². The van der Waals surface area contributed by atoms with Crippen molar-refractivity contribution in [2.75, 3.05) is 6.54 Å². The quantitative estimate of drug-likeness (QED) is 0.684. The molecule has 0 saturated carbocycles. The van der Waals surface area contributed by atoms with Gasteiger partial charge in [0.15, 0.2) is 0 Å². The molecule has 0 atom stereocenters. The van der Waals surface area contributed by atoms with Crippen LogP contribution in [0.2, 0.25) is 0 Å². The summed E-state index contributed by atoms with van der Waals surface area (Å²) in [6, 6.07) is 15.7. The van der Waals surface area contributed by atoms with Crippen molar-refractivity contribution in [3.63, 3.8) is 0 Å². The van der Waals surface area contributed by atoms with Crippen LogP contribution in [-0.4, -0.2) is 11.5 Å². The van der Waals surface area contributed by atoms with Crippen molar-refractivity contribution in [1.29, 1.82) is 0 Å². The summed E-state index contributed by atoms with van der Waals surface area (Å²) in [6.07, 6.45) is 4.43. The van der Waals surface area contributed by atoms with Gasteiger partial charge in [0.1, 0.15) is 0 Å². The lowest BCUT2D eigenvalue weighted by atomic mass is 9.97. The van der Waals surface area contributed by atoms with Crippen LogP contribution in [0.15, 0.2) is 48.7 Å². The highest BCUT2D eigenvalue weighted by molar-refractivity contribution is 5.85. The van der Waals surface area contributed by atoms with Crippen molar-refractivity contribution >= 4 is 10.9 Å². The second kappa shape index (κ2) is 4.80. The van der Waals surface area contributed by atoms with E-state index >= 15 is 0 Å². The molecular formula is C18H18N2. The molecule has 2 heteroatoms. The summed E-state index contributed by atoms with van der Waals surface area (Å²) >= 11 is 0. The van der Waals surface area contributed by atoms with Gasteiger partial charge in [0.25, 0.3) is 0 Å². The van der Waals surface area contributed by atoms with Crippen molar-refractivity contribution in [2.45, 2.75) is 19.4 Å². The first-order chi connectivity index (χ1) is 9.90.